The summed E-state index contributed by atoms with van der Waals surface area (Å²) in [6.07, 6.45) is 2.42. The third-order valence-electron chi connectivity index (χ3n) is 3.65. The van der Waals surface area contributed by atoms with Crippen molar-refractivity contribution in [1.29, 1.82) is 0 Å². The lowest BCUT2D eigenvalue weighted by molar-refractivity contribution is 0.184. The molecule has 0 saturated carbocycles. The molecular weight excluding hydrogens is 268 g/mol. The first-order valence-electron chi connectivity index (χ1n) is 7.20. The average Bonchev–Trinajstić information content (AvgIpc) is 3.16. The van der Waals surface area contributed by atoms with Crippen LogP contribution < -0.4 is 5.32 Å². The van der Waals surface area contributed by atoms with E-state index in [-0.39, 0.29) is 0 Å². The maximum atomic E-state index is 5.39. The van der Waals surface area contributed by atoms with E-state index in [0.717, 1.165) is 42.9 Å². The fourth-order valence-corrected chi connectivity index (χ4v) is 3.22. The molecule has 0 amide bonds. The van der Waals surface area contributed by atoms with Crippen molar-refractivity contribution in [3.63, 3.8) is 0 Å². The van der Waals surface area contributed by atoms with E-state index in [2.05, 4.69) is 39.9 Å². The van der Waals surface area contributed by atoms with Gasteiger partial charge in [0.05, 0.1) is 5.69 Å². The predicted octanol–water partition coefficient (Wildman–Crippen LogP) is 3.33. The smallest absolute Gasteiger partial charge is 0.107 e. The summed E-state index contributed by atoms with van der Waals surface area (Å²) < 4.78 is 5.39. The van der Waals surface area contributed by atoms with E-state index in [1.165, 1.54) is 18.4 Å². The Labute approximate surface area is 124 Å². The van der Waals surface area contributed by atoms with Gasteiger partial charge in [-0.25, -0.2) is 4.98 Å². The van der Waals surface area contributed by atoms with Crippen molar-refractivity contribution in [3.8, 4) is 11.3 Å². The second-order valence-electron chi connectivity index (χ2n) is 5.19. The molecule has 4 heteroatoms. The van der Waals surface area contributed by atoms with Gasteiger partial charge in [0.1, 0.15) is 5.01 Å². The fourth-order valence-electron chi connectivity index (χ4n) is 2.45. The van der Waals surface area contributed by atoms with Gasteiger partial charge in [-0.1, -0.05) is 30.3 Å². The van der Waals surface area contributed by atoms with Gasteiger partial charge >= 0.3 is 0 Å². The van der Waals surface area contributed by atoms with Gasteiger partial charge in [-0.2, -0.15) is 0 Å². The minimum atomic E-state index is 0.749. The van der Waals surface area contributed by atoms with Gasteiger partial charge in [0.2, 0.25) is 0 Å². The fraction of sp³-hybridized carbons (Fsp3) is 0.438. The molecule has 20 heavy (non-hydrogen) atoms. The number of hydrogen-bond acceptors (Lipinski definition) is 4. The van der Waals surface area contributed by atoms with Crippen molar-refractivity contribution in [2.45, 2.75) is 19.4 Å². The van der Waals surface area contributed by atoms with Crippen molar-refractivity contribution in [3.05, 3.63) is 40.7 Å². The molecule has 1 N–H and O–H groups in total. The number of hydrogen-bond donors (Lipinski definition) is 1. The van der Waals surface area contributed by atoms with Gasteiger partial charge in [-0.15, -0.1) is 11.3 Å². The molecule has 2 heterocycles. The number of rotatable bonds is 6. The third kappa shape index (κ3) is 3.66. The highest BCUT2D eigenvalue weighted by Gasteiger charge is 2.14. The van der Waals surface area contributed by atoms with Crippen LogP contribution in [0.3, 0.4) is 0 Å². The zero-order valence-electron chi connectivity index (χ0n) is 11.5. The summed E-state index contributed by atoms with van der Waals surface area (Å²) in [7, 11) is 0. The molecule has 1 fully saturated rings. The molecule has 1 aliphatic rings. The Balaban J connectivity index is 1.45. The first kappa shape index (κ1) is 13.7. The lowest BCUT2D eigenvalue weighted by Gasteiger charge is -2.07. The van der Waals surface area contributed by atoms with Crippen LogP contribution in [-0.2, 0) is 11.3 Å². The summed E-state index contributed by atoms with van der Waals surface area (Å²) >= 11 is 1.73. The van der Waals surface area contributed by atoms with E-state index in [4.69, 9.17) is 4.74 Å². The summed E-state index contributed by atoms with van der Waals surface area (Å²) in [5.41, 5.74) is 2.27. The van der Waals surface area contributed by atoms with Crippen LogP contribution in [-0.4, -0.2) is 24.7 Å². The van der Waals surface area contributed by atoms with E-state index in [9.17, 15) is 0 Å². The lowest BCUT2D eigenvalue weighted by atomic mass is 10.1. The minimum Gasteiger partial charge on any atom is -0.381 e. The van der Waals surface area contributed by atoms with Gasteiger partial charge in [0.25, 0.3) is 0 Å². The monoisotopic (exact) mass is 288 g/mol. The van der Waals surface area contributed by atoms with Crippen LogP contribution in [0.2, 0.25) is 0 Å². The Morgan fingerprint density at radius 1 is 1.30 bits per heavy atom. The molecule has 1 unspecified atom stereocenters. The van der Waals surface area contributed by atoms with Gasteiger partial charge in [-0.05, 0) is 25.3 Å². The molecule has 0 radical (unpaired) electrons. The Bertz CT molecular complexity index is 520. The quantitative estimate of drug-likeness (QED) is 0.828. The van der Waals surface area contributed by atoms with Gasteiger partial charge in [0, 0.05) is 30.7 Å². The SMILES string of the molecule is c1ccc(-c2csc(CNCCC3CCOC3)n2)cc1. The van der Waals surface area contributed by atoms with Crippen molar-refractivity contribution < 1.29 is 4.74 Å². The number of thiazole rings is 1. The summed E-state index contributed by atoms with van der Waals surface area (Å²) in [6, 6.07) is 10.3. The van der Waals surface area contributed by atoms with Crippen molar-refractivity contribution >= 4 is 11.3 Å². The molecule has 1 aromatic carbocycles. The summed E-state index contributed by atoms with van der Waals surface area (Å²) in [6.45, 7) is 3.80. The molecule has 1 aliphatic heterocycles. The molecule has 3 rings (SSSR count). The van der Waals surface area contributed by atoms with Crippen LogP contribution in [0.25, 0.3) is 11.3 Å². The topological polar surface area (TPSA) is 34.1 Å². The van der Waals surface area contributed by atoms with E-state index in [0.29, 0.717) is 0 Å². The first-order valence-corrected chi connectivity index (χ1v) is 8.08. The highest BCUT2D eigenvalue weighted by molar-refractivity contribution is 7.09. The number of benzene rings is 1. The number of nitrogens with zero attached hydrogens (tertiary/aromatic N) is 1. The molecule has 0 bridgehead atoms. The summed E-state index contributed by atoms with van der Waals surface area (Å²) in [5, 5.41) is 6.78. The van der Waals surface area contributed by atoms with E-state index in [1.807, 2.05) is 6.07 Å². The highest BCUT2D eigenvalue weighted by atomic mass is 32.1. The molecule has 1 atom stereocenters. The van der Waals surface area contributed by atoms with Crippen molar-refractivity contribution in [1.82, 2.24) is 10.3 Å². The van der Waals surface area contributed by atoms with Crippen molar-refractivity contribution in [2.24, 2.45) is 5.92 Å². The maximum Gasteiger partial charge on any atom is 0.107 e. The van der Waals surface area contributed by atoms with Crippen LogP contribution in [0.5, 0.6) is 0 Å². The molecule has 2 aromatic rings. The third-order valence-corrected chi connectivity index (χ3v) is 4.50. The standard InChI is InChI=1S/C16H20N2OS/c1-2-4-14(5-3-1)15-12-20-16(18-15)10-17-8-6-13-7-9-19-11-13/h1-5,12-13,17H,6-11H2. The zero-order chi connectivity index (χ0) is 13.6. The maximum absolute atomic E-state index is 5.39. The first-order chi connectivity index (χ1) is 9.92. The van der Waals surface area contributed by atoms with Crippen LogP contribution in [0, 0.1) is 5.92 Å². The molecule has 106 valence electrons. The van der Waals surface area contributed by atoms with Crippen LogP contribution in [0.4, 0.5) is 0 Å². The Hall–Kier alpha value is -1.23. The predicted molar refractivity (Wildman–Crippen MR) is 82.8 cm³/mol. The molecule has 1 saturated heterocycles. The molecule has 1 aromatic heterocycles. The van der Waals surface area contributed by atoms with Crippen LogP contribution in [0.1, 0.15) is 17.8 Å². The van der Waals surface area contributed by atoms with Crippen LogP contribution >= 0.6 is 11.3 Å². The van der Waals surface area contributed by atoms with E-state index in [1.54, 1.807) is 11.3 Å². The summed E-state index contributed by atoms with van der Waals surface area (Å²) in [5.74, 6) is 0.749. The van der Waals surface area contributed by atoms with E-state index < -0.39 is 0 Å². The van der Waals surface area contributed by atoms with Crippen molar-refractivity contribution in [2.75, 3.05) is 19.8 Å². The van der Waals surface area contributed by atoms with Gasteiger partial charge in [-0.3, -0.25) is 0 Å². The lowest BCUT2D eigenvalue weighted by Crippen LogP contribution is -2.17. The molecule has 0 aliphatic carbocycles. The van der Waals surface area contributed by atoms with E-state index >= 15 is 0 Å². The number of ether oxygens (including phenoxy) is 1. The highest BCUT2D eigenvalue weighted by Crippen LogP contribution is 2.21. The zero-order valence-corrected chi connectivity index (χ0v) is 12.4. The van der Waals surface area contributed by atoms with Crippen LogP contribution in [0.15, 0.2) is 35.7 Å². The normalized spacial score (nSPS) is 18.5. The molecular formula is C16H20N2OS. The Morgan fingerprint density at radius 2 is 2.20 bits per heavy atom. The Kier molecular flexibility index (Phi) is 4.79. The Morgan fingerprint density at radius 3 is 3.00 bits per heavy atom. The van der Waals surface area contributed by atoms with Gasteiger partial charge < -0.3 is 10.1 Å². The largest absolute Gasteiger partial charge is 0.381 e. The van der Waals surface area contributed by atoms with Gasteiger partial charge in [0.15, 0.2) is 0 Å². The second-order valence-corrected chi connectivity index (χ2v) is 6.13. The second kappa shape index (κ2) is 6.97. The average molecular weight is 288 g/mol. The summed E-state index contributed by atoms with van der Waals surface area (Å²) in [4.78, 5) is 4.68. The molecule has 0 spiro atoms. The molecule has 3 nitrogen and oxygen atoms in total. The number of nitrogens with one attached hydrogen (secondary N) is 1. The minimum absolute atomic E-state index is 0.749. The number of aromatic nitrogens is 1.